The predicted octanol–water partition coefficient (Wildman–Crippen LogP) is 4.26. The molecular weight excluding hydrogens is 265 g/mol. The predicted molar refractivity (Wildman–Crippen MR) is 89.5 cm³/mol. The van der Waals surface area contributed by atoms with Crippen LogP contribution in [0, 0.1) is 0 Å². The molecule has 2 aromatic rings. The largest absolute Gasteiger partial charge is 0.469 e. The molecule has 0 heterocycles. The van der Waals surface area contributed by atoms with Crippen LogP contribution in [0.3, 0.4) is 0 Å². The van der Waals surface area contributed by atoms with Crippen molar-refractivity contribution in [3.05, 3.63) is 54.6 Å². The zero-order valence-electron chi connectivity index (χ0n) is 12.6. The third kappa shape index (κ3) is 3.74. The molecule has 20 heavy (non-hydrogen) atoms. The number of nitrogens with zero attached hydrogens (tertiary/aromatic N) is 1. The Morgan fingerprint density at radius 2 is 1.50 bits per heavy atom. The van der Waals surface area contributed by atoms with Crippen molar-refractivity contribution in [3.63, 3.8) is 0 Å². The van der Waals surface area contributed by atoms with Crippen molar-refractivity contribution in [1.29, 1.82) is 0 Å². The van der Waals surface area contributed by atoms with Crippen LogP contribution in [-0.4, -0.2) is 19.8 Å². The summed E-state index contributed by atoms with van der Waals surface area (Å²) in [5.74, 6) is 0.948. The van der Waals surface area contributed by atoms with Crippen LogP contribution in [0.2, 0.25) is 0 Å². The van der Waals surface area contributed by atoms with Gasteiger partial charge in [0.05, 0.1) is 0 Å². The normalized spacial score (nSPS) is 12.2. The summed E-state index contributed by atoms with van der Waals surface area (Å²) >= 11 is 0. The van der Waals surface area contributed by atoms with E-state index >= 15 is 0 Å². The van der Waals surface area contributed by atoms with Crippen LogP contribution in [0.4, 0.5) is 5.69 Å². The minimum absolute atomic E-state index is 0.482. The van der Waals surface area contributed by atoms with Crippen molar-refractivity contribution in [2.45, 2.75) is 19.5 Å². The van der Waals surface area contributed by atoms with E-state index in [-0.39, 0.29) is 0 Å². The van der Waals surface area contributed by atoms with E-state index in [9.17, 15) is 0 Å². The summed E-state index contributed by atoms with van der Waals surface area (Å²) in [7, 11) is 3.47. The van der Waals surface area contributed by atoms with Crippen LogP contribution in [0.5, 0.6) is 5.75 Å². The second kappa shape index (κ2) is 6.76. The Kier molecular flexibility index (Phi) is 5.03. The van der Waals surface area contributed by atoms with Gasteiger partial charge in [-0.1, -0.05) is 32.0 Å². The number of hydrogen-bond acceptors (Lipinski definition) is 2. The number of benzene rings is 2. The summed E-state index contributed by atoms with van der Waals surface area (Å²) in [6.07, 6.45) is 0. The van der Waals surface area contributed by atoms with E-state index in [1.165, 1.54) is 11.0 Å². The first-order valence-electron chi connectivity index (χ1n) is 6.87. The number of para-hydroxylation sites is 1. The lowest BCUT2D eigenvalue weighted by Crippen LogP contribution is -2.14. The molecular formula is C17H22NOP. The lowest BCUT2D eigenvalue weighted by Gasteiger charge is -2.23. The van der Waals surface area contributed by atoms with Gasteiger partial charge in [0.25, 0.3) is 0 Å². The molecule has 3 heteroatoms. The van der Waals surface area contributed by atoms with Crippen LogP contribution >= 0.6 is 8.15 Å². The zero-order valence-corrected chi connectivity index (χ0v) is 13.5. The molecule has 0 aliphatic carbocycles. The quantitative estimate of drug-likeness (QED) is 0.762. The molecule has 0 saturated carbocycles. The van der Waals surface area contributed by atoms with Gasteiger partial charge in [0, 0.05) is 30.7 Å². The molecule has 1 unspecified atom stereocenters. The van der Waals surface area contributed by atoms with Crippen molar-refractivity contribution < 1.29 is 4.52 Å². The molecule has 0 aliphatic rings. The molecule has 0 N–H and O–H groups in total. The summed E-state index contributed by atoms with van der Waals surface area (Å²) in [6, 6.07) is 18.8. The van der Waals surface area contributed by atoms with E-state index in [0.717, 1.165) is 5.75 Å². The molecule has 0 bridgehead atoms. The van der Waals surface area contributed by atoms with Crippen LogP contribution in [0.25, 0.3) is 0 Å². The SMILES string of the molecule is CC(C)P(Oc1ccccc1)c1ccc(N(C)C)cc1. The summed E-state index contributed by atoms with van der Waals surface area (Å²) < 4.78 is 6.21. The van der Waals surface area contributed by atoms with E-state index in [1.54, 1.807) is 0 Å². The highest BCUT2D eigenvalue weighted by atomic mass is 31.1. The summed E-state index contributed by atoms with van der Waals surface area (Å²) in [5, 5.41) is 1.28. The molecule has 0 aromatic heterocycles. The van der Waals surface area contributed by atoms with Crippen LogP contribution < -0.4 is 14.7 Å². The molecule has 1 atom stereocenters. The highest BCUT2D eigenvalue weighted by molar-refractivity contribution is 7.61. The molecule has 2 aromatic carbocycles. The second-order valence-corrected chi connectivity index (χ2v) is 7.62. The van der Waals surface area contributed by atoms with E-state index < -0.39 is 8.15 Å². The van der Waals surface area contributed by atoms with E-state index in [0.29, 0.717) is 5.66 Å². The first kappa shape index (κ1) is 14.9. The number of hydrogen-bond donors (Lipinski definition) is 0. The summed E-state index contributed by atoms with van der Waals surface area (Å²) in [4.78, 5) is 2.11. The van der Waals surface area contributed by atoms with Gasteiger partial charge in [0.15, 0.2) is 0 Å². The molecule has 106 valence electrons. The Balaban J connectivity index is 2.20. The molecule has 0 spiro atoms. The van der Waals surface area contributed by atoms with Gasteiger partial charge >= 0.3 is 0 Å². The van der Waals surface area contributed by atoms with Gasteiger partial charge in [-0.15, -0.1) is 0 Å². The zero-order chi connectivity index (χ0) is 14.5. The molecule has 0 amide bonds. The Bertz CT molecular complexity index is 522. The standard InChI is InChI=1S/C17H22NOP/c1-14(2)20(19-16-8-6-5-7-9-16)17-12-10-15(11-13-17)18(3)4/h5-14H,1-4H3. The fourth-order valence-corrected chi connectivity index (χ4v) is 3.65. The molecule has 2 nitrogen and oxygen atoms in total. The first-order valence-corrected chi connectivity index (χ1v) is 8.20. The van der Waals surface area contributed by atoms with Gasteiger partial charge < -0.3 is 9.42 Å². The lowest BCUT2D eigenvalue weighted by molar-refractivity contribution is 0.612. The van der Waals surface area contributed by atoms with E-state index in [1.807, 2.05) is 30.3 Å². The van der Waals surface area contributed by atoms with Gasteiger partial charge in [-0.05, 0) is 36.4 Å². The smallest absolute Gasteiger partial charge is 0.123 e. The summed E-state index contributed by atoms with van der Waals surface area (Å²) in [6.45, 7) is 4.43. The van der Waals surface area contributed by atoms with Crippen molar-refractivity contribution in [2.75, 3.05) is 19.0 Å². The molecule has 0 aliphatic heterocycles. The lowest BCUT2D eigenvalue weighted by atomic mass is 10.3. The van der Waals surface area contributed by atoms with Crippen LogP contribution in [0.15, 0.2) is 54.6 Å². The monoisotopic (exact) mass is 287 g/mol. The van der Waals surface area contributed by atoms with Gasteiger partial charge in [0.1, 0.15) is 13.9 Å². The maximum atomic E-state index is 6.21. The van der Waals surface area contributed by atoms with Gasteiger partial charge in [-0.3, -0.25) is 0 Å². The van der Waals surface area contributed by atoms with E-state index in [2.05, 4.69) is 57.1 Å². The molecule has 2 rings (SSSR count). The van der Waals surface area contributed by atoms with Gasteiger partial charge in [-0.2, -0.15) is 0 Å². The average Bonchev–Trinajstić information content (AvgIpc) is 2.45. The Labute approximate surface area is 123 Å². The van der Waals surface area contributed by atoms with E-state index in [4.69, 9.17) is 4.52 Å². The molecule has 0 radical (unpaired) electrons. The second-order valence-electron chi connectivity index (χ2n) is 5.23. The van der Waals surface area contributed by atoms with Crippen molar-refractivity contribution >= 4 is 19.1 Å². The fourth-order valence-electron chi connectivity index (χ4n) is 1.95. The number of rotatable bonds is 5. The van der Waals surface area contributed by atoms with Gasteiger partial charge in [0.2, 0.25) is 0 Å². The maximum Gasteiger partial charge on any atom is 0.123 e. The molecule has 0 saturated heterocycles. The Hall–Kier alpha value is -1.53. The molecule has 0 fully saturated rings. The van der Waals surface area contributed by atoms with Crippen LogP contribution in [0.1, 0.15) is 13.8 Å². The highest BCUT2D eigenvalue weighted by Crippen LogP contribution is 2.42. The minimum Gasteiger partial charge on any atom is -0.469 e. The third-order valence-electron chi connectivity index (χ3n) is 3.04. The first-order chi connectivity index (χ1) is 9.58. The van der Waals surface area contributed by atoms with Crippen molar-refractivity contribution in [3.8, 4) is 5.75 Å². The summed E-state index contributed by atoms with van der Waals surface area (Å²) in [5.41, 5.74) is 1.70. The van der Waals surface area contributed by atoms with Crippen molar-refractivity contribution in [1.82, 2.24) is 0 Å². The Morgan fingerprint density at radius 3 is 2.00 bits per heavy atom. The van der Waals surface area contributed by atoms with Crippen molar-refractivity contribution in [2.24, 2.45) is 0 Å². The topological polar surface area (TPSA) is 12.5 Å². The Morgan fingerprint density at radius 1 is 0.900 bits per heavy atom. The third-order valence-corrected chi connectivity index (χ3v) is 5.19. The highest BCUT2D eigenvalue weighted by Gasteiger charge is 2.18. The fraction of sp³-hybridized carbons (Fsp3) is 0.294. The maximum absolute atomic E-state index is 6.21. The minimum atomic E-state index is -0.641. The van der Waals surface area contributed by atoms with Gasteiger partial charge in [-0.25, -0.2) is 0 Å². The van der Waals surface area contributed by atoms with Crippen LogP contribution in [-0.2, 0) is 0 Å². The average molecular weight is 287 g/mol. The number of anilines is 1.